The molecule has 36 heavy (non-hydrogen) atoms. The van der Waals surface area contributed by atoms with Crippen molar-refractivity contribution in [1.29, 1.82) is 0 Å². The molecule has 0 aliphatic heterocycles. The normalized spacial score (nSPS) is 11.2. The highest BCUT2D eigenvalue weighted by atomic mass is 16.5. The zero-order chi connectivity index (χ0) is 24.2. The van der Waals surface area contributed by atoms with Gasteiger partial charge >= 0.3 is 0 Å². The molecular weight excluding hydrogens is 448 g/mol. The minimum atomic E-state index is 0.656. The molecule has 0 aliphatic carbocycles. The van der Waals surface area contributed by atoms with Gasteiger partial charge in [-0.3, -0.25) is 9.13 Å². The second-order valence-corrected chi connectivity index (χ2v) is 8.60. The van der Waals surface area contributed by atoms with Crippen LogP contribution in [0.5, 0.6) is 11.5 Å². The number of aromatic nitrogens is 4. The molecule has 6 heteroatoms. The summed E-state index contributed by atoms with van der Waals surface area (Å²) in [7, 11) is 0. The molecule has 0 saturated heterocycles. The van der Waals surface area contributed by atoms with Crippen LogP contribution in [0.4, 0.5) is 0 Å². The Hall–Kier alpha value is -4.58. The Morgan fingerprint density at radius 2 is 0.917 bits per heavy atom. The van der Waals surface area contributed by atoms with E-state index < -0.39 is 0 Å². The summed E-state index contributed by atoms with van der Waals surface area (Å²) in [5, 5.41) is 0. The van der Waals surface area contributed by atoms with Gasteiger partial charge < -0.3 is 9.47 Å². The first kappa shape index (κ1) is 21.9. The molecule has 0 bridgehead atoms. The summed E-state index contributed by atoms with van der Waals surface area (Å²) in [5.41, 5.74) is 6.30. The lowest BCUT2D eigenvalue weighted by Gasteiger charge is -2.10. The van der Waals surface area contributed by atoms with Crippen molar-refractivity contribution in [2.24, 2.45) is 0 Å². The SMILES string of the molecule is c1ccc2c(c1)ncn2-c1ccc(OCCCCOc2ccc(-n3cnc4ccccc43)cc2)cc1. The van der Waals surface area contributed by atoms with Gasteiger partial charge in [-0.05, 0) is 85.6 Å². The fourth-order valence-electron chi connectivity index (χ4n) is 4.32. The molecule has 178 valence electrons. The van der Waals surface area contributed by atoms with Crippen molar-refractivity contribution in [3.8, 4) is 22.9 Å². The lowest BCUT2D eigenvalue weighted by atomic mass is 10.2. The molecule has 4 aromatic carbocycles. The minimum absolute atomic E-state index is 0.656. The van der Waals surface area contributed by atoms with Crippen LogP contribution in [0.2, 0.25) is 0 Å². The second kappa shape index (κ2) is 9.96. The molecule has 2 heterocycles. The van der Waals surface area contributed by atoms with Gasteiger partial charge in [0, 0.05) is 11.4 Å². The molecular formula is C30H26N4O2. The zero-order valence-corrected chi connectivity index (χ0v) is 19.8. The lowest BCUT2D eigenvalue weighted by molar-refractivity contribution is 0.266. The molecule has 6 aromatic rings. The van der Waals surface area contributed by atoms with E-state index in [1.165, 1.54) is 0 Å². The Balaban J connectivity index is 0.955. The third-order valence-corrected chi connectivity index (χ3v) is 6.21. The largest absolute Gasteiger partial charge is 0.494 e. The van der Waals surface area contributed by atoms with Gasteiger partial charge in [-0.25, -0.2) is 9.97 Å². The van der Waals surface area contributed by atoms with Crippen molar-refractivity contribution in [3.63, 3.8) is 0 Å². The second-order valence-electron chi connectivity index (χ2n) is 8.60. The third-order valence-electron chi connectivity index (χ3n) is 6.21. The Labute approximate surface area is 209 Å². The average Bonchev–Trinajstić information content (AvgIpc) is 3.56. The van der Waals surface area contributed by atoms with Gasteiger partial charge in [0.1, 0.15) is 24.2 Å². The van der Waals surface area contributed by atoms with Crippen LogP contribution in [0.1, 0.15) is 12.8 Å². The molecule has 0 atom stereocenters. The number of unbranched alkanes of at least 4 members (excludes halogenated alkanes) is 1. The molecule has 0 saturated carbocycles. The molecule has 0 amide bonds. The van der Waals surface area contributed by atoms with Crippen molar-refractivity contribution in [1.82, 2.24) is 19.1 Å². The highest BCUT2D eigenvalue weighted by Gasteiger charge is 2.05. The van der Waals surface area contributed by atoms with Gasteiger partial charge in [0.05, 0.1) is 35.3 Å². The predicted molar refractivity (Wildman–Crippen MR) is 142 cm³/mol. The number of hydrogen-bond acceptors (Lipinski definition) is 4. The molecule has 0 fully saturated rings. The van der Waals surface area contributed by atoms with E-state index in [0.717, 1.165) is 57.8 Å². The van der Waals surface area contributed by atoms with E-state index in [-0.39, 0.29) is 0 Å². The van der Waals surface area contributed by atoms with E-state index in [2.05, 4.69) is 55.5 Å². The Morgan fingerprint density at radius 1 is 0.500 bits per heavy atom. The highest BCUT2D eigenvalue weighted by Crippen LogP contribution is 2.22. The highest BCUT2D eigenvalue weighted by molar-refractivity contribution is 5.78. The van der Waals surface area contributed by atoms with Crippen molar-refractivity contribution >= 4 is 22.1 Å². The van der Waals surface area contributed by atoms with Crippen LogP contribution in [0.3, 0.4) is 0 Å². The molecule has 0 aliphatic rings. The predicted octanol–water partition coefficient (Wildman–Crippen LogP) is 6.60. The van der Waals surface area contributed by atoms with Crippen molar-refractivity contribution in [3.05, 3.63) is 110 Å². The molecule has 2 aromatic heterocycles. The molecule has 6 nitrogen and oxygen atoms in total. The van der Waals surface area contributed by atoms with Crippen LogP contribution in [0.15, 0.2) is 110 Å². The van der Waals surface area contributed by atoms with Gasteiger partial charge in [-0.15, -0.1) is 0 Å². The summed E-state index contributed by atoms with van der Waals surface area (Å²) in [6, 6.07) is 32.5. The van der Waals surface area contributed by atoms with E-state index >= 15 is 0 Å². The van der Waals surface area contributed by atoms with E-state index in [1.807, 2.05) is 73.3 Å². The van der Waals surface area contributed by atoms with Gasteiger partial charge in [0.15, 0.2) is 0 Å². The van der Waals surface area contributed by atoms with Gasteiger partial charge in [-0.1, -0.05) is 24.3 Å². The number of benzene rings is 4. The van der Waals surface area contributed by atoms with Gasteiger partial charge in [0.25, 0.3) is 0 Å². The maximum atomic E-state index is 5.92. The first-order valence-electron chi connectivity index (χ1n) is 12.2. The van der Waals surface area contributed by atoms with E-state index in [0.29, 0.717) is 13.2 Å². The summed E-state index contributed by atoms with van der Waals surface area (Å²) in [6.45, 7) is 1.31. The zero-order valence-electron chi connectivity index (χ0n) is 19.8. The average molecular weight is 475 g/mol. The van der Waals surface area contributed by atoms with Crippen LogP contribution >= 0.6 is 0 Å². The van der Waals surface area contributed by atoms with Crippen LogP contribution < -0.4 is 9.47 Å². The number of imidazole rings is 2. The minimum Gasteiger partial charge on any atom is -0.494 e. The lowest BCUT2D eigenvalue weighted by Crippen LogP contribution is -2.03. The fourth-order valence-corrected chi connectivity index (χ4v) is 4.32. The molecule has 0 unspecified atom stereocenters. The molecule has 0 spiro atoms. The van der Waals surface area contributed by atoms with Crippen molar-refractivity contribution in [2.45, 2.75) is 12.8 Å². The van der Waals surface area contributed by atoms with Crippen molar-refractivity contribution < 1.29 is 9.47 Å². The Bertz CT molecular complexity index is 1460. The fraction of sp³-hybridized carbons (Fsp3) is 0.133. The number of para-hydroxylation sites is 4. The van der Waals surface area contributed by atoms with Crippen molar-refractivity contribution in [2.75, 3.05) is 13.2 Å². The summed E-state index contributed by atoms with van der Waals surface area (Å²) in [5.74, 6) is 1.73. The van der Waals surface area contributed by atoms with E-state index in [9.17, 15) is 0 Å². The number of hydrogen-bond donors (Lipinski definition) is 0. The van der Waals surface area contributed by atoms with Crippen LogP contribution in [-0.4, -0.2) is 32.3 Å². The summed E-state index contributed by atoms with van der Waals surface area (Å²) in [6.07, 6.45) is 5.56. The molecule has 0 N–H and O–H groups in total. The van der Waals surface area contributed by atoms with E-state index in [1.54, 1.807) is 0 Å². The summed E-state index contributed by atoms with van der Waals surface area (Å²) in [4.78, 5) is 8.92. The monoisotopic (exact) mass is 474 g/mol. The topological polar surface area (TPSA) is 54.1 Å². The third kappa shape index (κ3) is 4.53. The van der Waals surface area contributed by atoms with Crippen LogP contribution in [0, 0.1) is 0 Å². The van der Waals surface area contributed by atoms with E-state index in [4.69, 9.17) is 9.47 Å². The van der Waals surface area contributed by atoms with Crippen LogP contribution in [-0.2, 0) is 0 Å². The number of rotatable bonds is 9. The molecule has 6 rings (SSSR count). The quantitative estimate of drug-likeness (QED) is 0.222. The number of fused-ring (bicyclic) bond motifs is 2. The first-order valence-corrected chi connectivity index (χ1v) is 12.2. The standard InChI is InChI=1S/C30H26N4O2/c1-3-9-29-27(7-1)31-21-33(29)23-11-15-25(16-12-23)35-19-5-6-20-36-26-17-13-24(14-18-26)34-22-32-28-8-2-4-10-30(28)34/h1-4,7-18,21-22H,5-6,19-20H2. The van der Waals surface area contributed by atoms with Gasteiger partial charge in [0.2, 0.25) is 0 Å². The maximum absolute atomic E-state index is 5.92. The first-order chi connectivity index (χ1) is 17.8. The Kier molecular flexibility index (Phi) is 6.06. The Morgan fingerprint density at radius 3 is 1.36 bits per heavy atom. The van der Waals surface area contributed by atoms with Gasteiger partial charge in [-0.2, -0.15) is 0 Å². The number of nitrogens with zero attached hydrogens (tertiary/aromatic N) is 4. The summed E-state index contributed by atoms with van der Waals surface area (Å²) < 4.78 is 16.0. The summed E-state index contributed by atoms with van der Waals surface area (Å²) >= 11 is 0. The number of ether oxygens (including phenoxy) is 2. The van der Waals surface area contributed by atoms with Crippen LogP contribution in [0.25, 0.3) is 33.4 Å². The smallest absolute Gasteiger partial charge is 0.119 e. The maximum Gasteiger partial charge on any atom is 0.119 e. The molecule has 0 radical (unpaired) electrons.